The first kappa shape index (κ1) is 16.1. The number of aromatic amines is 1. The average Bonchev–Trinajstić information content (AvgIpc) is 2.89. The molecule has 0 atom stereocenters. The van der Waals surface area contributed by atoms with E-state index in [2.05, 4.69) is 33.5 Å². The number of nitrogens with zero attached hydrogens (tertiary/aromatic N) is 1. The molecule has 0 aliphatic heterocycles. The zero-order valence-electron chi connectivity index (χ0n) is 13.6. The molecule has 0 aliphatic rings. The van der Waals surface area contributed by atoms with Gasteiger partial charge >= 0.3 is 0 Å². The second-order valence-electron chi connectivity index (χ2n) is 5.70. The number of carbonyl (C=O) groups is 1. The highest BCUT2D eigenvalue weighted by Gasteiger charge is 2.16. The van der Waals surface area contributed by atoms with E-state index in [1.807, 2.05) is 19.9 Å². The van der Waals surface area contributed by atoms with Gasteiger partial charge in [-0.3, -0.25) is 9.59 Å². The van der Waals surface area contributed by atoms with Crippen LogP contribution in [0.15, 0.2) is 41.3 Å². The fourth-order valence-corrected chi connectivity index (χ4v) is 3.64. The highest BCUT2D eigenvalue weighted by molar-refractivity contribution is 7.19. The first-order valence-electron chi connectivity index (χ1n) is 7.48. The molecule has 1 aromatic carbocycles. The fraction of sp³-hybridized carbons (Fsp3) is 0.167. The van der Waals surface area contributed by atoms with Crippen molar-refractivity contribution in [1.82, 2.24) is 9.97 Å². The number of H-pyrrole nitrogens is 1. The highest BCUT2D eigenvalue weighted by atomic mass is 32.1. The summed E-state index contributed by atoms with van der Waals surface area (Å²) in [7, 11) is 0. The van der Waals surface area contributed by atoms with Crippen molar-refractivity contribution in [3.63, 3.8) is 0 Å². The minimum atomic E-state index is -0.173. The predicted molar refractivity (Wildman–Crippen MR) is 97.4 cm³/mol. The topological polar surface area (TPSA) is 74.8 Å². The van der Waals surface area contributed by atoms with Crippen LogP contribution in [0.3, 0.4) is 0 Å². The van der Waals surface area contributed by atoms with Crippen LogP contribution in [0.5, 0.6) is 0 Å². The van der Waals surface area contributed by atoms with Gasteiger partial charge in [0.15, 0.2) is 5.13 Å². The van der Waals surface area contributed by atoms with E-state index in [0.29, 0.717) is 5.13 Å². The lowest BCUT2D eigenvalue weighted by Crippen LogP contribution is -2.04. The van der Waals surface area contributed by atoms with E-state index >= 15 is 0 Å². The van der Waals surface area contributed by atoms with Gasteiger partial charge in [-0.15, -0.1) is 0 Å². The van der Waals surface area contributed by atoms with Gasteiger partial charge in [-0.2, -0.15) is 0 Å². The van der Waals surface area contributed by atoms with Crippen molar-refractivity contribution in [2.24, 2.45) is 0 Å². The van der Waals surface area contributed by atoms with Crippen LogP contribution in [-0.2, 0) is 4.79 Å². The number of benzene rings is 1. The minimum Gasteiger partial charge on any atom is -0.329 e. The third-order valence-corrected chi connectivity index (χ3v) is 4.46. The van der Waals surface area contributed by atoms with Crippen LogP contribution in [0, 0.1) is 13.8 Å². The Morgan fingerprint density at radius 2 is 1.83 bits per heavy atom. The molecule has 0 saturated heterocycles. The molecule has 2 aromatic heterocycles. The summed E-state index contributed by atoms with van der Waals surface area (Å²) < 4.78 is 0. The van der Waals surface area contributed by atoms with E-state index in [0.717, 1.165) is 32.8 Å². The molecule has 5 nitrogen and oxygen atoms in total. The Kier molecular flexibility index (Phi) is 4.31. The largest absolute Gasteiger partial charge is 0.329 e. The average molecular weight is 339 g/mol. The van der Waals surface area contributed by atoms with Gasteiger partial charge in [-0.1, -0.05) is 28.5 Å². The Labute approximate surface area is 143 Å². The van der Waals surface area contributed by atoms with E-state index < -0.39 is 0 Å². The Hall–Kier alpha value is -2.73. The third-order valence-electron chi connectivity index (χ3n) is 3.44. The van der Waals surface area contributed by atoms with Crippen LogP contribution in [0.4, 0.5) is 5.13 Å². The van der Waals surface area contributed by atoms with Gasteiger partial charge in [0.1, 0.15) is 0 Å². The summed E-state index contributed by atoms with van der Waals surface area (Å²) in [6, 6.07) is 9.57. The van der Waals surface area contributed by atoms with E-state index in [1.165, 1.54) is 24.3 Å². The van der Waals surface area contributed by atoms with Gasteiger partial charge in [0.05, 0.1) is 10.6 Å². The number of pyridine rings is 1. The van der Waals surface area contributed by atoms with Crippen LogP contribution < -0.4 is 10.9 Å². The Balaban J connectivity index is 2.21. The number of carbonyl (C=O) groups excluding carboxylic acids is 1. The van der Waals surface area contributed by atoms with Gasteiger partial charge in [0.25, 0.3) is 0 Å². The van der Waals surface area contributed by atoms with Crippen LogP contribution in [0.1, 0.15) is 18.1 Å². The molecule has 0 aliphatic carbocycles. The summed E-state index contributed by atoms with van der Waals surface area (Å²) in [4.78, 5) is 31.1. The van der Waals surface area contributed by atoms with Crippen LogP contribution >= 0.6 is 11.3 Å². The molecular formula is C18H17N3O2S. The number of aromatic nitrogens is 2. The van der Waals surface area contributed by atoms with Crippen molar-refractivity contribution >= 4 is 22.4 Å². The Morgan fingerprint density at radius 3 is 2.46 bits per heavy atom. The number of hydrogen-bond donors (Lipinski definition) is 2. The van der Waals surface area contributed by atoms with E-state index in [-0.39, 0.29) is 11.5 Å². The molecule has 0 radical (unpaired) electrons. The van der Waals surface area contributed by atoms with Gasteiger partial charge in [0.2, 0.25) is 11.5 Å². The van der Waals surface area contributed by atoms with Gasteiger partial charge in [-0.25, -0.2) is 4.98 Å². The van der Waals surface area contributed by atoms with E-state index in [1.54, 1.807) is 6.20 Å². The Morgan fingerprint density at radius 1 is 1.12 bits per heavy atom. The van der Waals surface area contributed by atoms with E-state index in [9.17, 15) is 9.59 Å². The molecule has 0 saturated carbocycles. The SMILES string of the molecule is CC(=O)Nc1nc(-c2cc(C)cc(C)c2)c(-c2cc[nH]c(=O)c2)s1. The third kappa shape index (κ3) is 3.44. The van der Waals surface area contributed by atoms with Gasteiger partial charge < -0.3 is 10.3 Å². The summed E-state index contributed by atoms with van der Waals surface area (Å²) in [5.41, 5.74) is 4.61. The van der Waals surface area contributed by atoms with Crippen molar-refractivity contribution in [2.45, 2.75) is 20.8 Å². The molecule has 1 amide bonds. The number of anilines is 1. The zero-order chi connectivity index (χ0) is 17.3. The second kappa shape index (κ2) is 6.41. The lowest BCUT2D eigenvalue weighted by molar-refractivity contribution is -0.114. The quantitative estimate of drug-likeness (QED) is 0.763. The van der Waals surface area contributed by atoms with Crippen LogP contribution in [-0.4, -0.2) is 15.9 Å². The van der Waals surface area contributed by atoms with Crippen molar-refractivity contribution in [1.29, 1.82) is 0 Å². The summed E-state index contributed by atoms with van der Waals surface area (Å²) in [5.74, 6) is -0.173. The predicted octanol–water partition coefficient (Wildman–Crippen LogP) is 3.74. The van der Waals surface area contributed by atoms with Crippen LogP contribution in [0.2, 0.25) is 0 Å². The minimum absolute atomic E-state index is 0.173. The smallest absolute Gasteiger partial charge is 0.248 e. The number of aryl methyl sites for hydroxylation is 2. The molecular weight excluding hydrogens is 322 g/mol. The Bertz CT molecular complexity index is 952. The summed E-state index contributed by atoms with van der Waals surface area (Å²) in [5, 5.41) is 3.25. The number of nitrogens with one attached hydrogen (secondary N) is 2. The molecule has 2 heterocycles. The summed E-state index contributed by atoms with van der Waals surface area (Å²) in [6.45, 7) is 5.51. The lowest BCUT2D eigenvalue weighted by Gasteiger charge is -2.05. The molecule has 0 fully saturated rings. The molecule has 6 heteroatoms. The first-order valence-corrected chi connectivity index (χ1v) is 8.30. The van der Waals surface area contributed by atoms with Crippen molar-refractivity contribution in [3.8, 4) is 21.7 Å². The molecule has 2 N–H and O–H groups in total. The maximum absolute atomic E-state index is 11.7. The molecule has 122 valence electrons. The van der Waals surface area contributed by atoms with Crippen LogP contribution in [0.25, 0.3) is 21.7 Å². The number of hydrogen-bond acceptors (Lipinski definition) is 4. The lowest BCUT2D eigenvalue weighted by atomic mass is 10.0. The molecule has 3 rings (SSSR count). The maximum atomic E-state index is 11.7. The summed E-state index contributed by atoms with van der Waals surface area (Å²) in [6.07, 6.45) is 1.61. The first-order chi connectivity index (χ1) is 11.4. The zero-order valence-corrected chi connectivity index (χ0v) is 14.5. The highest BCUT2D eigenvalue weighted by Crippen LogP contribution is 2.39. The van der Waals surface area contributed by atoms with Crippen molar-refractivity contribution in [3.05, 3.63) is 58.0 Å². The normalized spacial score (nSPS) is 10.6. The molecule has 24 heavy (non-hydrogen) atoms. The number of amides is 1. The number of thiazole rings is 1. The van der Waals surface area contributed by atoms with Gasteiger partial charge in [-0.05, 0) is 32.0 Å². The van der Waals surface area contributed by atoms with Crippen molar-refractivity contribution < 1.29 is 4.79 Å². The standard InChI is InChI=1S/C18H17N3O2S/c1-10-6-11(2)8-14(7-10)16-17(13-4-5-19-15(23)9-13)24-18(21-16)20-12(3)22/h4-9H,1-3H3,(H,19,23)(H,20,21,22). The molecule has 0 spiro atoms. The maximum Gasteiger partial charge on any atom is 0.248 e. The molecule has 0 unspecified atom stereocenters. The molecule has 3 aromatic rings. The van der Waals surface area contributed by atoms with Crippen molar-refractivity contribution in [2.75, 3.05) is 5.32 Å². The fourth-order valence-electron chi connectivity index (χ4n) is 2.61. The number of rotatable bonds is 3. The summed E-state index contributed by atoms with van der Waals surface area (Å²) >= 11 is 1.36. The van der Waals surface area contributed by atoms with Gasteiger partial charge in [0, 0.05) is 30.3 Å². The molecule has 0 bridgehead atoms. The monoisotopic (exact) mass is 339 g/mol. The second-order valence-corrected chi connectivity index (χ2v) is 6.69. The van der Waals surface area contributed by atoms with E-state index in [4.69, 9.17) is 0 Å².